The van der Waals surface area contributed by atoms with E-state index >= 15 is 0 Å². The normalized spacial score (nSPS) is 10.3. The molecule has 3 N–H and O–H groups in total. The number of pyridine rings is 1. The second-order valence-electron chi connectivity index (χ2n) is 4.49. The number of aromatic nitrogens is 1. The first-order valence-electron chi connectivity index (χ1n) is 6.42. The number of carbonyl (C=O) groups excluding carboxylic acids is 1. The first kappa shape index (κ1) is 14.8. The van der Waals surface area contributed by atoms with Crippen LogP contribution in [-0.2, 0) is 6.42 Å². The van der Waals surface area contributed by atoms with Crippen molar-refractivity contribution in [1.29, 1.82) is 0 Å². The molecule has 1 aromatic heterocycles. The number of carbonyl (C=O) groups is 1. The SMILES string of the molecule is CCCc1cc(C(=O)Nc2cccc(I)c2)cc(N)n1. The number of hydrogen-bond donors (Lipinski definition) is 2. The van der Waals surface area contributed by atoms with Gasteiger partial charge in [0.05, 0.1) is 0 Å². The van der Waals surface area contributed by atoms with Gasteiger partial charge in [-0.25, -0.2) is 4.98 Å². The smallest absolute Gasteiger partial charge is 0.255 e. The quantitative estimate of drug-likeness (QED) is 0.797. The summed E-state index contributed by atoms with van der Waals surface area (Å²) in [5.41, 5.74) is 7.91. The number of nitrogens with one attached hydrogen (secondary N) is 1. The van der Waals surface area contributed by atoms with E-state index in [4.69, 9.17) is 5.73 Å². The van der Waals surface area contributed by atoms with E-state index in [9.17, 15) is 4.79 Å². The zero-order valence-electron chi connectivity index (χ0n) is 11.2. The monoisotopic (exact) mass is 381 g/mol. The van der Waals surface area contributed by atoms with Crippen LogP contribution in [0.15, 0.2) is 36.4 Å². The number of amides is 1. The van der Waals surface area contributed by atoms with E-state index in [-0.39, 0.29) is 5.91 Å². The molecular formula is C15H16IN3O. The standard InChI is InChI=1S/C15H16IN3O/c1-2-4-12-7-10(8-14(17)18-12)15(20)19-13-6-3-5-11(16)9-13/h3,5-9H,2,4H2,1H3,(H2,17,18)(H,19,20). The lowest BCUT2D eigenvalue weighted by Crippen LogP contribution is -2.13. The predicted octanol–water partition coefficient (Wildman–Crippen LogP) is 3.47. The van der Waals surface area contributed by atoms with Crippen LogP contribution in [-0.4, -0.2) is 10.9 Å². The van der Waals surface area contributed by atoms with Crippen molar-refractivity contribution in [3.05, 3.63) is 51.2 Å². The van der Waals surface area contributed by atoms with Gasteiger partial charge >= 0.3 is 0 Å². The number of nitrogen functional groups attached to an aromatic ring is 1. The van der Waals surface area contributed by atoms with Crippen LogP contribution in [0.25, 0.3) is 0 Å². The number of benzene rings is 1. The molecule has 0 aliphatic heterocycles. The fourth-order valence-electron chi connectivity index (χ4n) is 1.90. The summed E-state index contributed by atoms with van der Waals surface area (Å²) in [4.78, 5) is 16.5. The first-order chi connectivity index (χ1) is 9.58. The maximum Gasteiger partial charge on any atom is 0.255 e. The first-order valence-corrected chi connectivity index (χ1v) is 7.49. The highest BCUT2D eigenvalue weighted by Gasteiger charge is 2.09. The number of hydrogen-bond acceptors (Lipinski definition) is 3. The summed E-state index contributed by atoms with van der Waals surface area (Å²) >= 11 is 2.21. The predicted molar refractivity (Wildman–Crippen MR) is 89.8 cm³/mol. The van der Waals surface area contributed by atoms with Gasteiger partial charge in [-0.3, -0.25) is 4.79 Å². The lowest BCUT2D eigenvalue weighted by atomic mass is 10.1. The minimum absolute atomic E-state index is 0.168. The van der Waals surface area contributed by atoms with Crippen LogP contribution in [0.1, 0.15) is 29.4 Å². The van der Waals surface area contributed by atoms with Gasteiger partial charge in [-0.15, -0.1) is 0 Å². The topological polar surface area (TPSA) is 68.0 Å². The highest BCUT2D eigenvalue weighted by atomic mass is 127. The summed E-state index contributed by atoms with van der Waals surface area (Å²) in [5.74, 6) is 0.210. The third-order valence-corrected chi connectivity index (χ3v) is 3.42. The van der Waals surface area contributed by atoms with Gasteiger partial charge in [0.25, 0.3) is 5.91 Å². The van der Waals surface area contributed by atoms with E-state index in [1.54, 1.807) is 12.1 Å². The minimum Gasteiger partial charge on any atom is -0.384 e. The minimum atomic E-state index is -0.168. The largest absolute Gasteiger partial charge is 0.384 e. The Labute approximate surface area is 131 Å². The van der Waals surface area contributed by atoms with Crippen LogP contribution in [0.5, 0.6) is 0 Å². The molecule has 0 saturated carbocycles. The van der Waals surface area contributed by atoms with Crippen LogP contribution in [0.2, 0.25) is 0 Å². The van der Waals surface area contributed by atoms with Crippen molar-refractivity contribution in [1.82, 2.24) is 4.98 Å². The van der Waals surface area contributed by atoms with Gasteiger partial charge in [-0.2, -0.15) is 0 Å². The van der Waals surface area contributed by atoms with Gasteiger partial charge < -0.3 is 11.1 Å². The number of nitrogens with two attached hydrogens (primary N) is 1. The Morgan fingerprint density at radius 1 is 1.35 bits per heavy atom. The zero-order chi connectivity index (χ0) is 14.5. The molecule has 0 radical (unpaired) electrons. The molecule has 0 saturated heterocycles. The highest BCUT2D eigenvalue weighted by Crippen LogP contribution is 2.15. The molecule has 0 atom stereocenters. The molecule has 2 rings (SSSR count). The van der Waals surface area contributed by atoms with Crippen LogP contribution in [0.3, 0.4) is 0 Å². The van der Waals surface area contributed by atoms with Crippen molar-refractivity contribution in [3.63, 3.8) is 0 Å². The average molecular weight is 381 g/mol. The Hall–Kier alpha value is -1.63. The summed E-state index contributed by atoms with van der Waals surface area (Å²) in [5, 5.41) is 2.87. The average Bonchev–Trinajstić information content (AvgIpc) is 2.38. The van der Waals surface area contributed by atoms with Gasteiger partial charge in [0.2, 0.25) is 0 Å². The Bertz CT molecular complexity index is 628. The second-order valence-corrected chi connectivity index (χ2v) is 5.73. The van der Waals surface area contributed by atoms with Gasteiger partial charge in [-0.05, 0) is 59.3 Å². The van der Waals surface area contributed by atoms with E-state index in [1.807, 2.05) is 24.3 Å². The van der Waals surface area contributed by atoms with E-state index in [2.05, 4.69) is 39.8 Å². The van der Waals surface area contributed by atoms with Crippen molar-refractivity contribution in [2.24, 2.45) is 0 Å². The van der Waals surface area contributed by atoms with Crippen molar-refractivity contribution >= 4 is 40.0 Å². The van der Waals surface area contributed by atoms with E-state index in [0.717, 1.165) is 27.8 Å². The molecule has 5 heteroatoms. The molecule has 1 aromatic carbocycles. The molecule has 4 nitrogen and oxygen atoms in total. The summed E-state index contributed by atoms with van der Waals surface area (Å²) in [6.07, 6.45) is 1.78. The van der Waals surface area contributed by atoms with Crippen molar-refractivity contribution < 1.29 is 4.79 Å². The molecule has 0 bridgehead atoms. The van der Waals surface area contributed by atoms with Crippen LogP contribution >= 0.6 is 22.6 Å². The molecule has 104 valence electrons. The van der Waals surface area contributed by atoms with Crippen molar-refractivity contribution in [2.75, 3.05) is 11.1 Å². The van der Waals surface area contributed by atoms with Crippen LogP contribution in [0, 0.1) is 3.57 Å². The van der Waals surface area contributed by atoms with Crippen molar-refractivity contribution in [2.45, 2.75) is 19.8 Å². The summed E-state index contributed by atoms with van der Waals surface area (Å²) in [6, 6.07) is 11.0. The zero-order valence-corrected chi connectivity index (χ0v) is 13.3. The number of rotatable bonds is 4. The fourth-order valence-corrected chi connectivity index (χ4v) is 2.44. The molecule has 0 fully saturated rings. The Kier molecular flexibility index (Phi) is 4.94. The molecule has 0 aliphatic rings. The molecular weight excluding hydrogens is 365 g/mol. The maximum absolute atomic E-state index is 12.2. The molecule has 20 heavy (non-hydrogen) atoms. The highest BCUT2D eigenvalue weighted by molar-refractivity contribution is 14.1. The maximum atomic E-state index is 12.2. The number of halogens is 1. The fraction of sp³-hybridized carbons (Fsp3) is 0.200. The Morgan fingerprint density at radius 2 is 2.15 bits per heavy atom. The second kappa shape index (κ2) is 6.69. The number of nitrogens with zero attached hydrogens (tertiary/aromatic N) is 1. The molecule has 2 aromatic rings. The summed E-state index contributed by atoms with van der Waals surface area (Å²) < 4.78 is 1.07. The van der Waals surface area contributed by atoms with Crippen LogP contribution in [0.4, 0.5) is 11.5 Å². The molecule has 0 unspecified atom stereocenters. The lowest BCUT2D eigenvalue weighted by molar-refractivity contribution is 0.102. The third-order valence-electron chi connectivity index (χ3n) is 2.75. The van der Waals surface area contributed by atoms with Gasteiger partial charge in [0.1, 0.15) is 5.82 Å². The molecule has 1 amide bonds. The van der Waals surface area contributed by atoms with Gasteiger partial charge in [0, 0.05) is 20.5 Å². The van der Waals surface area contributed by atoms with E-state index in [0.29, 0.717) is 11.4 Å². The Morgan fingerprint density at radius 3 is 2.85 bits per heavy atom. The van der Waals surface area contributed by atoms with Gasteiger partial charge in [-0.1, -0.05) is 19.4 Å². The summed E-state index contributed by atoms with van der Waals surface area (Å²) in [6.45, 7) is 2.07. The molecule has 0 spiro atoms. The molecule has 0 aliphatic carbocycles. The van der Waals surface area contributed by atoms with E-state index in [1.165, 1.54) is 0 Å². The molecule has 1 heterocycles. The van der Waals surface area contributed by atoms with Crippen LogP contribution < -0.4 is 11.1 Å². The third kappa shape index (κ3) is 3.93. The number of anilines is 2. The summed E-state index contributed by atoms with van der Waals surface area (Å²) in [7, 11) is 0. The number of aryl methyl sites for hydroxylation is 1. The van der Waals surface area contributed by atoms with E-state index < -0.39 is 0 Å². The Balaban J connectivity index is 2.20. The lowest BCUT2D eigenvalue weighted by Gasteiger charge is -2.08. The van der Waals surface area contributed by atoms with Crippen molar-refractivity contribution in [3.8, 4) is 0 Å². The van der Waals surface area contributed by atoms with Gasteiger partial charge in [0.15, 0.2) is 0 Å².